The molecule has 0 aromatic carbocycles. The number of fused-ring (bicyclic) bond motifs is 1. The summed E-state index contributed by atoms with van der Waals surface area (Å²) in [7, 11) is 0. The van der Waals surface area contributed by atoms with Crippen LogP contribution in [-0.4, -0.2) is 59.1 Å². The largest absolute Gasteiger partial charge is 0.370 e. The first-order valence-corrected chi connectivity index (χ1v) is 13.3. The van der Waals surface area contributed by atoms with Gasteiger partial charge in [-0.15, -0.1) is 0 Å². The van der Waals surface area contributed by atoms with Crippen molar-refractivity contribution in [3.05, 3.63) is 22.4 Å². The van der Waals surface area contributed by atoms with Gasteiger partial charge in [0, 0.05) is 49.7 Å². The number of carbonyl (C=O) groups is 1. The number of carbonyl (C=O) groups excluding carboxylic acids is 1. The number of nitrogens with zero attached hydrogens (tertiary/aromatic N) is 4. The maximum absolute atomic E-state index is 12.9. The fourth-order valence-electron chi connectivity index (χ4n) is 5.03. The molecule has 1 aliphatic carbocycles. The lowest BCUT2D eigenvalue weighted by Crippen LogP contribution is -2.57. The standard InChI is InChI=1S/C25H36N4O2S/c1-16(2)21-14-28(9-10-29(21)22(30)8-11-32-5)24-19(13-26)18-12-25(3,4)31-15-20(18)23(27-24)17-6-7-17/h16-17,21H,6-12,14-15H2,1-5H3. The third-order valence-electron chi connectivity index (χ3n) is 7.04. The molecule has 7 heteroatoms. The van der Waals surface area contributed by atoms with Crippen LogP contribution in [0.1, 0.15) is 75.3 Å². The first-order valence-electron chi connectivity index (χ1n) is 11.9. The van der Waals surface area contributed by atoms with E-state index in [-0.39, 0.29) is 17.6 Å². The first-order chi connectivity index (χ1) is 15.3. The number of piperazine rings is 1. The molecule has 1 unspecified atom stereocenters. The van der Waals surface area contributed by atoms with E-state index in [1.54, 1.807) is 11.8 Å². The second kappa shape index (κ2) is 9.23. The summed E-state index contributed by atoms with van der Waals surface area (Å²) in [6.07, 6.45) is 5.70. The molecule has 1 aromatic rings. The van der Waals surface area contributed by atoms with Crippen LogP contribution in [0.25, 0.3) is 0 Å². The Morgan fingerprint density at radius 2 is 2.06 bits per heavy atom. The quantitative estimate of drug-likeness (QED) is 0.642. The van der Waals surface area contributed by atoms with Gasteiger partial charge in [-0.3, -0.25) is 4.79 Å². The molecule has 2 fully saturated rings. The van der Waals surface area contributed by atoms with E-state index in [1.807, 2.05) is 6.26 Å². The van der Waals surface area contributed by atoms with Crippen molar-refractivity contribution < 1.29 is 9.53 Å². The van der Waals surface area contributed by atoms with Crippen molar-refractivity contribution in [3.63, 3.8) is 0 Å². The molecule has 3 heterocycles. The van der Waals surface area contributed by atoms with E-state index in [0.29, 0.717) is 37.0 Å². The number of thioether (sulfide) groups is 1. The van der Waals surface area contributed by atoms with Crippen LogP contribution in [0.5, 0.6) is 0 Å². The lowest BCUT2D eigenvalue weighted by atomic mass is 9.87. The van der Waals surface area contributed by atoms with Gasteiger partial charge in [-0.25, -0.2) is 4.98 Å². The lowest BCUT2D eigenvalue weighted by Gasteiger charge is -2.44. The average molecular weight is 457 g/mol. The van der Waals surface area contributed by atoms with Gasteiger partial charge in [0.25, 0.3) is 0 Å². The summed E-state index contributed by atoms with van der Waals surface area (Å²) in [5, 5.41) is 10.2. The molecule has 1 amide bonds. The summed E-state index contributed by atoms with van der Waals surface area (Å²) in [5.74, 6) is 2.77. The van der Waals surface area contributed by atoms with Gasteiger partial charge in [0.05, 0.1) is 29.5 Å². The van der Waals surface area contributed by atoms with E-state index in [2.05, 4.69) is 43.6 Å². The molecular formula is C25H36N4O2S. The van der Waals surface area contributed by atoms with E-state index in [4.69, 9.17) is 9.72 Å². The van der Waals surface area contributed by atoms with Crippen LogP contribution < -0.4 is 4.90 Å². The number of amides is 1. The molecule has 32 heavy (non-hydrogen) atoms. The predicted molar refractivity (Wildman–Crippen MR) is 129 cm³/mol. The van der Waals surface area contributed by atoms with Crippen LogP contribution in [0.2, 0.25) is 0 Å². The molecule has 1 saturated carbocycles. The molecule has 1 aromatic heterocycles. The highest BCUT2D eigenvalue weighted by Crippen LogP contribution is 2.46. The topological polar surface area (TPSA) is 69.5 Å². The van der Waals surface area contributed by atoms with Crippen molar-refractivity contribution in [2.75, 3.05) is 36.5 Å². The smallest absolute Gasteiger partial charge is 0.223 e. The molecule has 0 spiro atoms. The highest BCUT2D eigenvalue weighted by atomic mass is 32.2. The Labute approximate surface area is 196 Å². The minimum atomic E-state index is -0.277. The number of hydrogen-bond acceptors (Lipinski definition) is 6. The Kier molecular flexibility index (Phi) is 6.74. The van der Waals surface area contributed by atoms with Gasteiger partial charge in [-0.2, -0.15) is 17.0 Å². The molecule has 0 N–H and O–H groups in total. The van der Waals surface area contributed by atoms with E-state index in [1.165, 1.54) is 12.8 Å². The summed E-state index contributed by atoms with van der Waals surface area (Å²) >= 11 is 1.71. The Morgan fingerprint density at radius 1 is 1.31 bits per heavy atom. The summed E-state index contributed by atoms with van der Waals surface area (Å²) < 4.78 is 6.11. The summed E-state index contributed by atoms with van der Waals surface area (Å²) in [5.41, 5.74) is 3.86. The SMILES string of the molecule is CSCCC(=O)N1CCN(c2nc(C3CC3)c3c(c2C#N)CC(C)(C)OC3)CC1C(C)C. The molecule has 2 aliphatic heterocycles. The van der Waals surface area contributed by atoms with E-state index < -0.39 is 0 Å². The van der Waals surface area contributed by atoms with Crippen molar-refractivity contribution in [3.8, 4) is 6.07 Å². The van der Waals surface area contributed by atoms with Crippen molar-refractivity contribution in [1.82, 2.24) is 9.88 Å². The second-order valence-corrected chi connectivity index (χ2v) is 11.3. The molecule has 4 rings (SSSR count). The number of aromatic nitrogens is 1. The van der Waals surface area contributed by atoms with Crippen LogP contribution in [0, 0.1) is 17.2 Å². The Bertz CT molecular complexity index is 919. The summed E-state index contributed by atoms with van der Waals surface area (Å²) in [4.78, 5) is 22.3. The third-order valence-corrected chi connectivity index (χ3v) is 7.65. The number of hydrogen-bond donors (Lipinski definition) is 0. The van der Waals surface area contributed by atoms with E-state index in [0.717, 1.165) is 47.9 Å². The number of anilines is 1. The zero-order valence-corrected chi connectivity index (χ0v) is 20.9. The number of nitriles is 1. The number of ether oxygens (including phenoxy) is 1. The van der Waals surface area contributed by atoms with Gasteiger partial charge in [0.15, 0.2) is 0 Å². The molecule has 1 atom stereocenters. The van der Waals surface area contributed by atoms with Gasteiger partial charge in [-0.1, -0.05) is 13.8 Å². The van der Waals surface area contributed by atoms with Crippen LogP contribution in [0.15, 0.2) is 0 Å². The zero-order valence-electron chi connectivity index (χ0n) is 20.1. The molecule has 6 nitrogen and oxygen atoms in total. The molecule has 0 bridgehead atoms. The molecular weight excluding hydrogens is 420 g/mol. The average Bonchev–Trinajstić information content (AvgIpc) is 3.60. The highest BCUT2D eigenvalue weighted by Gasteiger charge is 2.39. The first kappa shape index (κ1) is 23.4. The van der Waals surface area contributed by atoms with E-state index in [9.17, 15) is 10.1 Å². The normalized spacial score (nSPS) is 22.6. The van der Waals surface area contributed by atoms with Gasteiger partial charge < -0.3 is 14.5 Å². The maximum Gasteiger partial charge on any atom is 0.223 e. The van der Waals surface area contributed by atoms with Crippen LogP contribution in [-0.2, 0) is 22.6 Å². The minimum absolute atomic E-state index is 0.131. The van der Waals surface area contributed by atoms with Crippen LogP contribution in [0.3, 0.4) is 0 Å². The van der Waals surface area contributed by atoms with Gasteiger partial charge in [-0.05, 0) is 44.4 Å². The van der Waals surface area contributed by atoms with Crippen molar-refractivity contribution >= 4 is 23.5 Å². The van der Waals surface area contributed by atoms with Crippen molar-refractivity contribution in [2.45, 2.75) is 77.5 Å². The lowest BCUT2D eigenvalue weighted by molar-refractivity contribution is -0.134. The Morgan fingerprint density at radius 3 is 2.69 bits per heavy atom. The molecule has 1 saturated heterocycles. The minimum Gasteiger partial charge on any atom is -0.370 e. The molecule has 0 radical (unpaired) electrons. The third kappa shape index (κ3) is 4.63. The van der Waals surface area contributed by atoms with Gasteiger partial charge >= 0.3 is 0 Å². The molecule has 174 valence electrons. The summed E-state index contributed by atoms with van der Waals surface area (Å²) in [6.45, 7) is 11.2. The van der Waals surface area contributed by atoms with Crippen molar-refractivity contribution in [1.29, 1.82) is 5.26 Å². The highest BCUT2D eigenvalue weighted by molar-refractivity contribution is 7.98. The zero-order chi connectivity index (χ0) is 23.0. The summed E-state index contributed by atoms with van der Waals surface area (Å²) in [6, 6.07) is 2.64. The monoisotopic (exact) mass is 456 g/mol. The maximum atomic E-state index is 12.9. The number of rotatable bonds is 6. The van der Waals surface area contributed by atoms with Crippen LogP contribution >= 0.6 is 11.8 Å². The van der Waals surface area contributed by atoms with Crippen LogP contribution in [0.4, 0.5) is 5.82 Å². The fourth-order valence-corrected chi connectivity index (χ4v) is 5.41. The van der Waals surface area contributed by atoms with Crippen molar-refractivity contribution in [2.24, 2.45) is 5.92 Å². The number of pyridine rings is 1. The predicted octanol–water partition coefficient (Wildman–Crippen LogP) is 4.11. The Hall–Kier alpha value is -1.78. The Balaban J connectivity index is 1.68. The fraction of sp³-hybridized carbons (Fsp3) is 0.720. The van der Waals surface area contributed by atoms with Gasteiger partial charge in [0.2, 0.25) is 5.91 Å². The second-order valence-electron chi connectivity index (χ2n) is 10.4. The molecule has 3 aliphatic rings. The van der Waals surface area contributed by atoms with Gasteiger partial charge in [0.1, 0.15) is 11.9 Å². The van der Waals surface area contributed by atoms with E-state index >= 15 is 0 Å².